The number of rotatable bonds is 8. The van der Waals surface area contributed by atoms with Crippen LogP contribution in [0.15, 0.2) is 79.5 Å². The Bertz CT molecular complexity index is 991. The number of ether oxygens (including phenoxy) is 1. The predicted molar refractivity (Wildman–Crippen MR) is 128 cm³/mol. The summed E-state index contributed by atoms with van der Waals surface area (Å²) in [5, 5.41) is 0. The van der Waals surface area contributed by atoms with Crippen molar-refractivity contribution in [1.29, 1.82) is 0 Å². The van der Waals surface area contributed by atoms with Crippen LogP contribution < -0.4 is 4.74 Å². The zero-order valence-electron chi connectivity index (χ0n) is 18.5. The van der Waals surface area contributed by atoms with Crippen molar-refractivity contribution in [2.24, 2.45) is 5.92 Å². The van der Waals surface area contributed by atoms with E-state index >= 15 is 0 Å². The normalized spacial score (nSPS) is 15.0. The van der Waals surface area contributed by atoms with E-state index in [-0.39, 0.29) is 0 Å². The third-order valence-electron chi connectivity index (χ3n) is 6.41. The van der Waals surface area contributed by atoms with E-state index < -0.39 is 0 Å². The van der Waals surface area contributed by atoms with Crippen molar-refractivity contribution >= 4 is 5.57 Å². The van der Waals surface area contributed by atoms with Crippen LogP contribution in [0.5, 0.6) is 5.88 Å². The SMILES string of the molecule is C=C(c1ccccc1CCc1ccccc1)C1CCN(Cc2cccnc2OC)CC1. The van der Waals surface area contributed by atoms with E-state index in [1.54, 1.807) is 13.3 Å². The van der Waals surface area contributed by atoms with E-state index in [1.807, 2.05) is 6.07 Å². The van der Waals surface area contributed by atoms with Crippen LogP contribution in [-0.4, -0.2) is 30.1 Å². The summed E-state index contributed by atoms with van der Waals surface area (Å²) in [5.41, 5.74) is 6.63. The van der Waals surface area contributed by atoms with Gasteiger partial charge < -0.3 is 4.74 Å². The molecule has 2 heterocycles. The number of pyridine rings is 1. The first-order chi connectivity index (χ1) is 15.2. The average Bonchev–Trinajstić information content (AvgIpc) is 2.84. The molecule has 0 atom stereocenters. The first-order valence-corrected chi connectivity index (χ1v) is 11.3. The van der Waals surface area contributed by atoms with Crippen molar-refractivity contribution in [3.05, 3.63) is 102 Å². The summed E-state index contributed by atoms with van der Waals surface area (Å²) in [6, 6.07) is 23.7. The molecule has 3 nitrogen and oxygen atoms in total. The molecule has 0 amide bonds. The quantitative estimate of drug-likeness (QED) is 0.467. The maximum atomic E-state index is 5.42. The Balaban J connectivity index is 1.36. The summed E-state index contributed by atoms with van der Waals surface area (Å²) in [6.07, 6.45) is 6.20. The van der Waals surface area contributed by atoms with Gasteiger partial charge in [0, 0.05) is 18.3 Å². The minimum Gasteiger partial charge on any atom is -0.481 e. The molecule has 4 rings (SSSR count). The maximum absolute atomic E-state index is 5.42. The number of nitrogens with zero attached hydrogens (tertiary/aromatic N) is 2. The van der Waals surface area contributed by atoms with Gasteiger partial charge in [-0.2, -0.15) is 0 Å². The molecule has 0 unspecified atom stereocenters. The van der Waals surface area contributed by atoms with Crippen molar-refractivity contribution in [2.45, 2.75) is 32.2 Å². The van der Waals surface area contributed by atoms with E-state index in [9.17, 15) is 0 Å². The molecule has 3 aromatic rings. The molecule has 2 aromatic carbocycles. The van der Waals surface area contributed by atoms with Crippen molar-refractivity contribution in [1.82, 2.24) is 9.88 Å². The van der Waals surface area contributed by atoms with Crippen molar-refractivity contribution in [2.75, 3.05) is 20.2 Å². The minimum atomic E-state index is 0.546. The summed E-state index contributed by atoms with van der Waals surface area (Å²) in [4.78, 5) is 6.84. The number of hydrogen-bond donors (Lipinski definition) is 0. The number of piperidine rings is 1. The molecule has 1 aliphatic rings. The molecule has 1 aromatic heterocycles. The van der Waals surface area contributed by atoms with Gasteiger partial charge >= 0.3 is 0 Å². The number of hydrogen-bond acceptors (Lipinski definition) is 3. The highest BCUT2D eigenvalue weighted by atomic mass is 16.5. The first-order valence-electron chi connectivity index (χ1n) is 11.3. The lowest BCUT2D eigenvalue weighted by Crippen LogP contribution is -2.33. The minimum absolute atomic E-state index is 0.546. The van der Waals surface area contributed by atoms with Crippen LogP contribution >= 0.6 is 0 Å². The molecule has 1 fully saturated rings. The van der Waals surface area contributed by atoms with Crippen LogP contribution in [0.2, 0.25) is 0 Å². The number of aryl methyl sites for hydroxylation is 2. The Morgan fingerprint density at radius 3 is 2.42 bits per heavy atom. The van der Waals surface area contributed by atoms with Crippen LogP contribution in [0, 0.1) is 5.92 Å². The van der Waals surface area contributed by atoms with Gasteiger partial charge in [0.05, 0.1) is 7.11 Å². The molecule has 0 radical (unpaired) electrons. The standard InChI is InChI=1S/C28H32N2O/c1-22(27-13-7-6-11-25(27)15-14-23-9-4-3-5-10-23)24-16-19-30(20-17-24)21-26-12-8-18-29-28(26)31-2/h3-13,18,24H,1,14-17,19-21H2,2H3. The van der Waals surface area contributed by atoms with Crippen LogP contribution in [0.4, 0.5) is 0 Å². The Labute approximate surface area is 186 Å². The van der Waals surface area contributed by atoms with Gasteiger partial charge in [-0.1, -0.05) is 67.2 Å². The molecule has 0 aliphatic carbocycles. The lowest BCUT2D eigenvalue weighted by Gasteiger charge is -2.33. The topological polar surface area (TPSA) is 25.4 Å². The zero-order chi connectivity index (χ0) is 21.5. The highest BCUT2D eigenvalue weighted by Gasteiger charge is 2.23. The van der Waals surface area contributed by atoms with Crippen LogP contribution in [-0.2, 0) is 19.4 Å². The number of allylic oxidation sites excluding steroid dienone is 1. The smallest absolute Gasteiger partial charge is 0.217 e. The Kier molecular flexibility index (Phi) is 7.16. The van der Waals surface area contributed by atoms with Crippen molar-refractivity contribution in [3.63, 3.8) is 0 Å². The molecule has 0 spiro atoms. The summed E-state index contributed by atoms with van der Waals surface area (Å²) < 4.78 is 5.42. The van der Waals surface area contributed by atoms with Gasteiger partial charge in [0.2, 0.25) is 5.88 Å². The fourth-order valence-corrected chi connectivity index (χ4v) is 4.60. The molecule has 1 saturated heterocycles. The molecule has 0 N–H and O–H groups in total. The van der Waals surface area contributed by atoms with Crippen LogP contribution in [0.1, 0.15) is 35.1 Å². The molecule has 1 aliphatic heterocycles. The number of benzene rings is 2. The fraction of sp³-hybridized carbons (Fsp3) is 0.321. The van der Waals surface area contributed by atoms with Gasteiger partial charge in [-0.25, -0.2) is 4.98 Å². The van der Waals surface area contributed by atoms with Crippen molar-refractivity contribution < 1.29 is 4.74 Å². The third kappa shape index (κ3) is 5.42. The summed E-state index contributed by atoms with van der Waals surface area (Å²) in [6.45, 7) is 7.60. The first kappa shape index (κ1) is 21.3. The molecule has 3 heteroatoms. The molecule has 31 heavy (non-hydrogen) atoms. The second-order valence-electron chi connectivity index (χ2n) is 8.39. The summed E-state index contributed by atoms with van der Waals surface area (Å²) >= 11 is 0. The Morgan fingerprint density at radius 2 is 1.65 bits per heavy atom. The fourth-order valence-electron chi connectivity index (χ4n) is 4.60. The van der Waals surface area contributed by atoms with E-state index in [0.717, 1.165) is 56.8 Å². The van der Waals surface area contributed by atoms with Crippen LogP contribution in [0.25, 0.3) is 5.57 Å². The second kappa shape index (κ2) is 10.4. The monoisotopic (exact) mass is 412 g/mol. The zero-order valence-corrected chi connectivity index (χ0v) is 18.5. The Morgan fingerprint density at radius 1 is 0.935 bits per heavy atom. The second-order valence-corrected chi connectivity index (χ2v) is 8.39. The van der Waals surface area contributed by atoms with Gasteiger partial charge in [0.1, 0.15) is 0 Å². The number of aromatic nitrogens is 1. The molecule has 0 bridgehead atoms. The maximum Gasteiger partial charge on any atom is 0.217 e. The lowest BCUT2D eigenvalue weighted by atomic mass is 9.83. The van der Waals surface area contributed by atoms with Gasteiger partial charge in [0.25, 0.3) is 0 Å². The van der Waals surface area contributed by atoms with E-state index in [4.69, 9.17) is 4.74 Å². The van der Waals surface area contributed by atoms with Gasteiger partial charge in [0.15, 0.2) is 0 Å². The highest BCUT2D eigenvalue weighted by molar-refractivity contribution is 5.68. The largest absolute Gasteiger partial charge is 0.481 e. The molecular formula is C28H32N2O. The van der Waals surface area contributed by atoms with Crippen LogP contribution in [0.3, 0.4) is 0 Å². The Hall–Kier alpha value is -2.91. The van der Waals surface area contributed by atoms with Gasteiger partial charge in [-0.05, 0) is 73.0 Å². The highest BCUT2D eigenvalue weighted by Crippen LogP contribution is 2.33. The lowest BCUT2D eigenvalue weighted by molar-refractivity contribution is 0.196. The molecular weight excluding hydrogens is 380 g/mol. The molecule has 0 saturated carbocycles. The van der Waals surface area contributed by atoms with Crippen molar-refractivity contribution in [3.8, 4) is 5.88 Å². The summed E-state index contributed by atoms with van der Waals surface area (Å²) in [5.74, 6) is 1.28. The van der Waals surface area contributed by atoms with E-state index in [2.05, 4.69) is 77.1 Å². The third-order valence-corrected chi connectivity index (χ3v) is 6.41. The van der Waals surface area contributed by atoms with Gasteiger partial charge in [-0.15, -0.1) is 0 Å². The average molecular weight is 413 g/mol. The number of likely N-dealkylation sites (tertiary alicyclic amines) is 1. The number of methoxy groups -OCH3 is 1. The predicted octanol–water partition coefficient (Wildman–Crippen LogP) is 5.80. The van der Waals surface area contributed by atoms with E-state index in [1.165, 1.54) is 22.3 Å². The van der Waals surface area contributed by atoms with Gasteiger partial charge in [-0.3, -0.25) is 4.90 Å². The summed E-state index contributed by atoms with van der Waals surface area (Å²) in [7, 11) is 1.69. The molecule has 160 valence electrons. The van der Waals surface area contributed by atoms with E-state index in [0.29, 0.717) is 5.92 Å².